The van der Waals surface area contributed by atoms with Crippen LogP contribution >= 0.6 is 11.6 Å². The third-order valence-electron chi connectivity index (χ3n) is 2.38. The number of aromatic nitrogens is 3. The summed E-state index contributed by atoms with van der Waals surface area (Å²) in [6.45, 7) is 0.133. The minimum Gasteiger partial charge on any atom is -0.369 e. The molecule has 0 radical (unpaired) electrons. The van der Waals surface area contributed by atoms with Crippen molar-refractivity contribution in [1.82, 2.24) is 15.0 Å². The van der Waals surface area contributed by atoms with Crippen molar-refractivity contribution in [3.8, 4) is 0 Å². The molecule has 90 valence electrons. The summed E-state index contributed by atoms with van der Waals surface area (Å²) in [6.07, 6.45) is 0.0402. The lowest BCUT2D eigenvalue weighted by molar-refractivity contribution is -0.123. The van der Waals surface area contributed by atoms with Gasteiger partial charge in [-0.3, -0.25) is 14.5 Å². The summed E-state index contributed by atoms with van der Waals surface area (Å²) in [4.78, 5) is 35.0. The summed E-state index contributed by atoms with van der Waals surface area (Å²) < 4.78 is 0. The Balaban J connectivity index is 2.28. The van der Waals surface area contributed by atoms with Gasteiger partial charge in [0, 0.05) is 13.0 Å². The molecule has 2 rings (SSSR count). The monoisotopic (exact) mass is 256 g/mol. The van der Waals surface area contributed by atoms with Crippen LogP contribution in [0.1, 0.15) is 6.42 Å². The van der Waals surface area contributed by atoms with E-state index in [2.05, 4.69) is 15.0 Å². The molecule has 1 saturated heterocycles. The highest BCUT2D eigenvalue weighted by Crippen LogP contribution is 2.22. The number of carbonyl (C=O) groups is 2. The smallest absolute Gasteiger partial charge is 0.238 e. The van der Waals surface area contributed by atoms with Gasteiger partial charge in [-0.1, -0.05) is 0 Å². The van der Waals surface area contributed by atoms with E-state index in [1.54, 1.807) is 0 Å². The Morgan fingerprint density at radius 3 is 2.65 bits per heavy atom. The fourth-order valence-electron chi connectivity index (χ4n) is 1.57. The largest absolute Gasteiger partial charge is 0.369 e. The van der Waals surface area contributed by atoms with Crippen molar-refractivity contribution in [3.63, 3.8) is 0 Å². The summed E-state index contributed by atoms with van der Waals surface area (Å²) in [7, 11) is 0. The second-order valence-electron chi connectivity index (χ2n) is 3.57. The van der Waals surface area contributed by atoms with Gasteiger partial charge in [-0.2, -0.15) is 15.0 Å². The lowest BCUT2D eigenvalue weighted by Crippen LogP contribution is -2.30. The van der Waals surface area contributed by atoms with Crippen LogP contribution in [0.3, 0.4) is 0 Å². The molecule has 17 heavy (non-hydrogen) atoms. The first-order valence-corrected chi connectivity index (χ1v) is 5.12. The van der Waals surface area contributed by atoms with Crippen molar-refractivity contribution < 1.29 is 9.59 Å². The molecule has 1 aliphatic rings. The molecule has 1 aliphatic heterocycles. The lowest BCUT2D eigenvalue weighted by atomic mass is 10.1. The highest BCUT2D eigenvalue weighted by molar-refractivity contribution is 6.28. The Hall–Kier alpha value is -1.96. The molecular formula is C8H9ClN6O2. The molecule has 0 aromatic carbocycles. The minimum atomic E-state index is -0.542. The van der Waals surface area contributed by atoms with E-state index >= 15 is 0 Å². The van der Waals surface area contributed by atoms with Crippen LogP contribution in [0.4, 0.5) is 11.9 Å². The number of rotatable bonds is 2. The molecule has 1 aromatic heterocycles. The van der Waals surface area contributed by atoms with Crippen molar-refractivity contribution in [3.05, 3.63) is 5.28 Å². The van der Waals surface area contributed by atoms with Gasteiger partial charge >= 0.3 is 0 Å². The summed E-state index contributed by atoms with van der Waals surface area (Å²) in [5.74, 6) is -1.42. The van der Waals surface area contributed by atoms with Crippen LogP contribution < -0.4 is 16.4 Å². The van der Waals surface area contributed by atoms with Crippen LogP contribution in [0.25, 0.3) is 0 Å². The molecule has 1 fully saturated rings. The van der Waals surface area contributed by atoms with Gasteiger partial charge in [-0.05, 0) is 11.6 Å². The summed E-state index contributed by atoms with van der Waals surface area (Å²) in [6, 6.07) is 0. The van der Waals surface area contributed by atoms with E-state index in [9.17, 15) is 9.59 Å². The van der Waals surface area contributed by atoms with Crippen LogP contribution in [0.5, 0.6) is 0 Å². The molecule has 0 saturated carbocycles. The van der Waals surface area contributed by atoms with E-state index in [-0.39, 0.29) is 36.1 Å². The van der Waals surface area contributed by atoms with Crippen LogP contribution in [0, 0.1) is 5.92 Å². The molecular weight excluding hydrogens is 248 g/mol. The van der Waals surface area contributed by atoms with Crippen LogP contribution in [0.15, 0.2) is 0 Å². The Kier molecular flexibility index (Phi) is 2.80. The Morgan fingerprint density at radius 2 is 2.12 bits per heavy atom. The predicted molar refractivity (Wildman–Crippen MR) is 58.9 cm³/mol. The van der Waals surface area contributed by atoms with Gasteiger partial charge in [0.2, 0.25) is 29.0 Å². The number of primary amides is 1. The molecule has 1 atom stereocenters. The number of nitrogens with zero attached hydrogens (tertiary/aromatic N) is 4. The molecule has 8 nitrogen and oxygen atoms in total. The average Bonchev–Trinajstić information content (AvgIpc) is 2.59. The van der Waals surface area contributed by atoms with Gasteiger partial charge in [0.1, 0.15) is 0 Å². The van der Waals surface area contributed by atoms with Gasteiger partial charge < -0.3 is 11.5 Å². The maximum absolute atomic E-state index is 11.6. The van der Waals surface area contributed by atoms with Gasteiger partial charge in [-0.15, -0.1) is 0 Å². The van der Waals surface area contributed by atoms with E-state index in [4.69, 9.17) is 23.1 Å². The number of halogens is 1. The number of amides is 2. The predicted octanol–water partition coefficient (Wildman–Crippen LogP) is -1.05. The maximum atomic E-state index is 11.6. The van der Waals surface area contributed by atoms with Gasteiger partial charge in [0.15, 0.2) is 0 Å². The SMILES string of the molecule is NC(=O)C1CC(=O)N(c2nc(N)nc(Cl)n2)C1. The van der Waals surface area contributed by atoms with Crippen molar-refractivity contribution in [1.29, 1.82) is 0 Å². The highest BCUT2D eigenvalue weighted by Gasteiger charge is 2.35. The number of nitrogens with two attached hydrogens (primary N) is 2. The van der Waals surface area contributed by atoms with E-state index in [0.29, 0.717) is 0 Å². The second kappa shape index (κ2) is 4.13. The van der Waals surface area contributed by atoms with Crippen LogP contribution in [0.2, 0.25) is 5.28 Å². The molecule has 4 N–H and O–H groups in total. The van der Waals surface area contributed by atoms with E-state index in [1.165, 1.54) is 4.90 Å². The molecule has 0 spiro atoms. The number of hydrogen-bond acceptors (Lipinski definition) is 6. The quantitative estimate of drug-likeness (QED) is 0.694. The van der Waals surface area contributed by atoms with Gasteiger partial charge in [-0.25, -0.2) is 0 Å². The van der Waals surface area contributed by atoms with Crippen molar-refractivity contribution >= 4 is 35.3 Å². The molecule has 1 unspecified atom stereocenters. The highest BCUT2D eigenvalue weighted by atomic mass is 35.5. The van der Waals surface area contributed by atoms with E-state index in [1.807, 2.05) is 0 Å². The van der Waals surface area contributed by atoms with Crippen molar-refractivity contribution in [2.45, 2.75) is 6.42 Å². The van der Waals surface area contributed by atoms with Crippen molar-refractivity contribution in [2.24, 2.45) is 11.7 Å². The zero-order chi connectivity index (χ0) is 12.6. The normalized spacial score (nSPS) is 19.7. The minimum absolute atomic E-state index is 0.0382. The number of carbonyl (C=O) groups excluding carboxylic acids is 2. The molecule has 9 heteroatoms. The standard InChI is InChI=1S/C8H9ClN6O2/c9-6-12-7(11)14-8(13-6)15-2-3(5(10)17)1-4(15)16/h3H,1-2H2,(H2,10,17)(H2,11,12,13,14). The Bertz CT molecular complexity index is 473. The second-order valence-corrected chi connectivity index (χ2v) is 3.91. The van der Waals surface area contributed by atoms with Gasteiger partial charge in [0.25, 0.3) is 0 Å². The topological polar surface area (TPSA) is 128 Å². The Labute approximate surface area is 101 Å². The van der Waals surface area contributed by atoms with E-state index in [0.717, 1.165) is 0 Å². The lowest BCUT2D eigenvalue weighted by Gasteiger charge is -2.13. The number of nitrogen functional groups attached to an aromatic ring is 1. The first kappa shape index (κ1) is 11.5. The summed E-state index contributed by atoms with van der Waals surface area (Å²) in [5.41, 5.74) is 10.5. The molecule has 2 amide bonds. The third-order valence-corrected chi connectivity index (χ3v) is 2.55. The first-order chi connectivity index (χ1) is 7.97. The van der Waals surface area contributed by atoms with Crippen LogP contribution in [-0.2, 0) is 9.59 Å². The zero-order valence-corrected chi connectivity index (χ0v) is 9.39. The summed E-state index contributed by atoms with van der Waals surface area (Å²) >= 11 is 5.60. The molecule has 0 bridgehead atoms. The molecule has 2 heterocycles. The van der Waals surface area contributed by atoms with Gasteiger partial charge in [0.05, 0.1) is 5.92 Å². The molecule has 1 aromatic rings. The first-order valence-electron chi connectivity index (χ1n) is 4.74. The average molecular weight is 257 g/mol. The third kappa shape index (κ3) is 2.26. The maximum Gasteiger partial charge on any atom is 0.238 e. The Morgan fingerprint density at radius 1 is 1.41 bits per heavy atom. The molecule has 0 aliphatic carbocycles. The van der Waals surface area contributed by atoms with Crippen molar-refractivity contribution in [2.75, 3.05) is 17.2 Å². The fraction of sp³-hybridized carbons (Fsp3) is 0.375. The zero-order valence-electron chi connectivity index (χ0n) is 8.63. The number of hydrogen-bond donors (Lipinski definition) is 2. The number of anilines is 2. The fourth-order valence-corrected chi connectivity index (χ4v) is 1.73. The summed E-state index contributed by atoms with van der Waals surface area (Å²) in [5, 5.41) is -0.108. The van der Waals surface area contributed by atoms with E-state index < -0.39 is 11.8 Å². The van der Waals surface area contributed by atoms with Crippen LogP contribution in [-0.4, -0.2) is 33.3 Å².